The molecule has 12 heavy (non-hydrogen) atoms. The van der Waals surface area contributed by atoms with E-state index in [1.165, 1.54) is 25.3 Å². The molecule has 0 amide bonds. The van der Waals surface area contributed by atoms with Gasteiger partial charge in [-0.3, -0.25) is 5.11 Å². The Kier molecular flexibility index (Phi) is 9.20. The zero-order valence-corrected chi connectivity index (χ0v) is 7.70. The maximum Gasteiger partial charge on any atom is 0.142 e. The molecular formula is C11H17O. The Bertz CT molecular complexity index is 154. The van der Waals surface area contributed by atoms with Crippen molar-refractivity contribution in [1.29, 1.82) is 0 Å². The molecule has 0 aliphatic rings. The van der Waals surface area contributed by atoms with Gasteiger partial charge in [-0.2, -0.15) is 0 Å². The molecule has 0 aromatic rings. The fourth-order valence-electron chi connectivity index (χ4n) is 0.861. The van der Waals surface area contributed by atoms with Crippen LogP contribution in [0.4, 0.5) is 0 Å². The average Bonchev–Trinajstić information content (AvgIpc) is 2.10. The van der Waals surface area contributed by atoms with Crippen molar-refractivity contribution in [3.8, 4) is 0 Å². The quantitative estimate of drug-likeness (QED) is 0.325. The Balaban J connectivity index is 3.24. The van der Waals surface area contributed by atoms with Crippen LogP contribution in [0, 0.1) is 0 Å². The zero-order valence-electron chi connectivity index (χ0n) is 7.70. The van der Waals surface area contributed by atoms with E-state index < -0.39 is 0 Å². The summed E-state index contributed by atoms with van der Waals surface area (Å²) in [4.78, 5) is 0. The summed E-state index contributed by atoms with van der Waals surface area (Å²) in [5, 5.41) is 9.85. The molecule has 0 bridgehead atoms. The van der Waals surface area contributed by atoms with Crippen LogP contribution in [0.2, 0.25) is 0 Å². The molecule has 1 nitrogen and oxygen atoms in total. The van der Waals surface area contributed by atoms with Gasteiger partial charge >= 0.3 is 0 Å². The van der Waals surface area contributed by atoms with Crippen molar-refractivity contribution >= 4 is 0 Å². The van der Waals surface area contributed by atoms with Crippen molar-refractivity contribution in [1.82, 2.24) is 0 Å². The van der Waals surface area contributed by atoms with Crippen molar-refractivity contribution in [3.63, 3.8) is 0 Å². The molecule has 0 aromatic heterocycles. The van der Waals surface area contributed by atoms with Crippen molar-refractivity contribution < 1.29 is 5.11 Å². The molecule has 0 aliphatic carbocycles. The Morgan fingerprint density at radius 3 is 2.42 bits per heavy atom. The van der Waals surface area contributed by atoms with Crippen molar-refractivity contribution in [3.05, 3.63) is 36.6 Å². The number of hydrogen-bond acceptors (Lipinski definition) is 0. The van der Waals surface area contributed by atoms with Gasteiger partial charge in [-0.15, -0.1) is 0 Å². The second-order valence-electron chi connectivity index (χ2n) is 2.64. The van der Waals surface area contributed by atoms with Crippen LogP contribution in [0.3, 0.4) is 0 Å². The Morgan fingerprint density at radius 2 is 1.75 bits per heavy atom. The summed E-state index contributed by atoms with van der Waals surface area (Å²) >= 11 is 0. The van der Waals surface area contributed by atoms with Crippen LogP contribution in [0.5, 0.6) is 0 Å². The highest BCUT2D eigenvalue weighted by molar-refractivity contribution is 5.09. The second-order valence-corrected chi connectivity index (χ2v) is 2.64. The van der Waals surface area contributed by atoms with E-state index in [2.05, 4.69) is 13.0 Å². The monoisotopic (exact) mass is 165 g/mol. The lowest BCUT2D eigenvalue weighted by molar-refractivity contribution is 0.352. The van der Waals surface area contributed by atoms with Crippen molar-refractivity contribution in [2.75, 3.05) is 0 Å². The number of unbranched alkanes of at least 4 members (excludes halogenated alkanes) is 3. The lowest BCUT2D eigenvalue weighted by atomic mass is 10.2. The second kappa shape index (κ2) is 10.0. The van der Waals surface area contributed by atoms with Crippen LogP contribution in [0.1, 0.15) is 32.6 Å². The highest BCUT2D eigenvalue weighted by atomic mass is 16.2. The lowest BCUT2D eigenvalue weighted by Gasteiger charge is -1.89. The molecule has 0 aliphatic heterocycles. The van der Waals surface area contributed by atoms with E-state index >= 15 is 0 Å². The van der Waals surface area contributed by atoms with Gasteiger partial charge in [0.1, 0.15) is 6.26 Å². The van der Waals surface area contributed by atoms with Crippen molar-refractivity contribution in [2.24, 2.45) is 0 Å². The highest BCUT2D eigenvalue weighted by Crippen LogP contribution is 1.99. The molecule has 0 saturated carbocycles. The third-order valence-corrected chi connectivity index (χ3v) is 1.52. The van der Waals surface area contributed by atoms with E-state index in [1.807, 2.05) is 12.2 Å². The number of allylic oxidation sites excluding steroid dienone is 5. The van der Waals surface area contributed by atoms with Crippen LogP contribution in [-0.4, -0.2) is 0 Å². The maximum atomic E-state index is 9.85. The fourth-order valence-corrected chi connectivity index (χ4v) is 0.861. The molecule has 0 fully saturated rings. The highest BCUT2D eigenvalue weighted by Gasteiger charge is 1.79. The van der Waals surface area contributed by atoms with Gasteiger partial charge in [-0.05, 0) is 18.9 Å². The van der Waals surface area contributed by atoms with E-state index in [-0.39, 0.29) is 0 Å². The van der Waals surface area contributed by atoms with Gasteiger partial charge in [-0.25, -0.2) is 0 Å². The van der Waals surface area contributed by atoms with Gasteiger partial charge in [0.25, 0.3) is 0 Å². The summed E-state index contributed by atoms with van der Waals surface area (Å²) < 4.78 is 0. The fraction of sp³-hybridized carbons (Fsp3) is 0.455. The molecule has 1 radical (unpaired) electrons. The smallest absolute Gasteiger partial charge is 0.142 e. The Morgan fingerprint density at radius 1 is 1.00 bits per heavy atom. The standard InChI is InChI=1S/C11H17O/c1-2-3-4-5-6-7-8-9-10-11-12/h6-11H,2-5H2,1H3/b7-6+,9-8+,11-10+. The Hall–Kier alpha value is -0.980. The first-order valence-corrected chi connectivity index (χ1v) is 4.52. The summed E-state index contributed by atoms with van der Waals surface area (Å²) in [6.07, 6.45) is 15.0. The normalized spacial score (nSPS) is 12.4. The largest absolute Gasteiger partial charge is 0.299 e. The predicted octanol–water partition coefficient (Wildman–Crippen LogP) is 3.62. The molecule has 0 heterocycles. The predicted molar refractivity (Wildman–Crippen MR) is 52.2 cm³/mol. The minimum atomic E-state index is 0.779. The van der Waals surface area contributed by atoms with Crippen LogP contribution in [0.25, 0.3) is 0 Å². The SMILES string of the molecule is CCCCC/C=C/C=C/C=C/[O]. The summed E-state index contributed by atoms with van der Waals surface area (Å²) in [5.74, 6) is 0. The maximum absolute atomic E-state index is 9.85. The van der Waals surface area contributed by atoms with Gasteiger partial charge in [0.05, 0.1) is 0 Å². The molecule has 1 heteroatoms. The van der Waals surface area contributed by atoms with E-state index in [0.717, 1.165) is 12.7 Å². The average molecular weight is 165 g/mol. The summed E-state index contributed by atoms with van der Waals surface area (Å²) in [7, 11) is 0. The van der Waals surface area contributed by atoms with E-state index in [1.54, 1.807) is 6.08 Å². The van der Waals surface area contributed by atoms with Crippen LogP contribution >= 0.6 is 0 Å². The lowest BCUT2D eigenvalue weighted by Crippen LogP contribution is -1.69. The third-order valence-electron chi connectivity index (χ3n) is 1.52. The minimum Gasteiger partial charge on any atom is -0.299 e. The van der Waals surface area contributed by atoms with E-state index in [4.69, 9.17) is 0 Å². The molecular weight excluding hydrogens is 148 g/mol. The van der Waals surface area contributed by atoms with Gasteiger partial charge in [0.15, 0.2) is 0 Å². The molecule has 0 rings (SSSR count). The Labute approximate surface area is 75.1 Å². The molecule has 67 valence electrons. The molecule has 0 atom stereocenters. The third kappa shape index (κ3) is 9.02. The summed E-state index contributed by atoms with van der Waals surface area (Å²) in [5.41, 5.74) is 0. The number of rotatable bonds is 6. The van der Waals surface area contributed by atoms with Gasteiger partial charge in [0.2, 0.25) is 0 Å². The molecule has 0 aromatic carbocycles. The zero-order chi connectivity index (χ0) is 9.07. The summed E-state index contributed by atoms with van der Waals surface area (Å²) in [6.45, 7) is 2.20. The first-order valence-electron chi connectivity index (χ1n) is 4.52. The van der Waals surface area contributed by atoms with Gasteiger partial charge in [0, 0.05) is 0 Å². The van der Waals surface area contributed by atoms with Crippen LogP contribution < -0.4 is 0 Å². The molecule has 0 N–H and O–H groups in total. The van der Waals surface area contributed by atoms with Crippen LogP contribution in [-0.2, 0) is 5.11 Å². The van der Waals surface area contributed by atoms with E-state index in [9.17, 15) is 5.11 Å². The molecule has 0 spiro atoms. The van der Waals surface area contributed by atoms with Crippen LogP contribution in [0.15, 0.2) is 36.6 Å². The van der Waals surface area contributed by atoms with E-state index in [0.29, 0.717) is 0 Å². The number of hydrogen-bond donors (Lipinski definition) is 0. The first kappa shape index (κ1) is 11.0. The molecule has 0 unspecified atom stereocenters. The minimum absolute atomic E-state index is 0.779. The van der Waals surface area contributed by atoms with Gasteiger partial charge in [-0.1, -0.05) is 44.1 Å². The topological polar surface area (TPSA) is 19.9 Å². The van der Waals surface area contributed by atoms with Gasteiger partial charge < -0.3 is 0 Å². The molecule has 0 saturated heterocycles. The van der Waals surface area contributed by atoms with Crippen molar-refractivity contribution in [2.45, 2.75) is 32.6 Å². The summed E-state index contributed by atoms with van der Waals surface area (Å²) in [6, 6.07) is 0. The first-order chi connectivity index (χ1) is 5.91.